The van der Waals surface area contributed by atoms with E-state index in [4.69, 9.17) is 11.0 Å². The van der Waals surface area contributed by atoms with E-state index in [1.165, 1.54) is 13.1 Å². The van der Waals surface area contributed by atoms with Crippen LogP contribution in [0.3, 0.4) is 0 Å². The van der Waals surface area contributed by atoms with Crippen molar-refractivity contribution < 1.29 is 0 Å². The molecule has 1 saturated carbocycles. The van der Waals surface area contributed by atoms with E-state index in [1.54, 1.807) is 0 Å². The van der Waals surface area contributed by atoms with Crippen molar-refractivity contribution in [2.75, 3.05) is 19.6 Å². The van der Waals surface area contributed by atoms with E-state index in [0.29, 0.717) is 0 Å². The summed E-state index contributed by atoms with van der Waals surface area (Å²) < 4.78 is 0. The molecule has 1 aliphatic carbocycles. The zero-order valence-corrected chi connectivity index (χ0v) is 6.33. The first-order valence-electron chi connectivity index (χ1n) is 4.16. The number of rotatable bonds is 1. The average molecular weight is 149 g/mol. The van der Waals surface area contributed by atoms with Gasteiger partial charge in [-0.1, -0.05) is 0 Å². The van der Waals surface area contributed by atoms with Crippen molar-refractivity contribution in [1.29, 1.82) is 5.26 Å². The minimum absolute atomic E-state index is 0.204. The van der Waals surface area contributed by atoms with Crippen molar-refractivity contribution in [3.63, 3.8) is 0 Å². The zero-order chi connectivity index (χ0) is 7.64. The van der Waals surface area contributed by atoms with E-state index in [1.807, 2.05) is 0 Å². The van der Waals surface area contributed by atoms with Crippen LogP contribution in [0, 0.1) is 28.6 Å². The second-order valence-electron chi connectivity index (χ2n) is 4.13. The van der Waals surface area contributed by atoms with E-state index in [2.05, 4.69) is 11.0 Å². The molecule has 2 N–H and O–H groups in total. The van der Waals surface area contributed by atoms with Gasteiger partial charge in [-0.2, -0.15) is 5.26 Å². The van der Waals surface area contributed by atoms with Crippen molar-refractivity contribution in [2.24, 2.45) is 23.0 Å². The molecule has 0 amide bonds. The number of nitrogens with zero attached hydrogens (tertiary/aromatic N) is 2. The molecule has 3 nitrogen and oxygen atoms in total. The molecule has 4 fully saturated rings. The Balaban J connectivity index is 1.96. The fourth-order valence-electron chi connectivity index (χ4n) is 3.29. The maximum atomic E-state index is 8.73. The van der Waals surface area contributed by atoms with Crippen molar-refractivity contribution >= 4 is 0 Å². The van der Waals surface area contributed by atoms with Gasteiger partial charge in [0, 0.05) is 25.0 Å². The van der Waals surface area contributed by atoms with Crippen molar-refractivity contribution in [2.45, 2.75) is 6.04 Å². The number of nitrogens with two attached hydrogens (primary N) is 1. The van der Waals surface area contributed by atoms with Gasteiger partial charge in [0.25, 0.3) is 0 Å². The van der Waals surface area contributed by atoms with Gasteiger partial charge in [-0.15, -0.1) is 0 Å². The highest BCUT2D eigenvalue weighted by atomic mass is 15.3. The van der Waals surface area contributed by atoms with Crippen LogP contribution in [-0.4, -0.2) is 30.6 Å². The molecule has 58 valence electrons. The van der Waals surface area contributed by atoms with Crippen LogP contribution in [0.4, 0.5) is 0 Å². The third-order valence-corrected chi connectivity index (χ3v) is 3.88. The van der Waals surface area contributed by atoms with Gasteiger partial charge in [-0.3, -0.25) is 0 Å². The molecule has 0 aromatic heterocycles. The molecule has 4 unspecified atom stereocenters. The van der Waals surface area contributed by atoms with Gasteiger partial charge < -0.3 is 10.6 Å². The van der Waals surface area contributed by atoms with Crippen molar-refractivity contribution in [3.8, 4) is 6.07 Å². The second-order valence-corrected chi connectivity index (χ2v) is 4.13. The van der Waals surface area contributed by atoms with E-state index in [-0.39, 0.29) is 11.5 Å². The fourth-order valence-corrected chi connectivity index (χ4v) is 3.29. The largest absolute Gasteiger partial charge is 0.315 e. The summed E-state index contributed by atoms with van der Waals surface area (Å²) in [5.41, 5.74) is 6.03. The van der Waals surface area contributed by atoms with Crippen molar-refractivity contribution in [3.05, 3.63) is 0 Å². The second kappa shape index (κ2) is 1.45. The lowest BCUT2D eigenvalue weighted by Crippen LogP contribution is -2.33. The van der Waals surface area contributed by atoms with Crippen LogP contribution in [0.2, 0.25) is 0 Å². The molecule has 4 bridgehead atoms. The van der Waals surface area contributed by atoms with Crippen molar-refractivity contribution in [1.82, 2.24) is 4.90 Å². The molecule has 11 heavy (non-hydrogen) atoms. The summed E-state index contributed by atoms with van der Waals surface area (Å²) in [5.74, 6) is 1.55. The van der Waals surface area contributed by atoms with E-state index < -0.39 is 0 Å². The number of hydrogen-bond acceptors (Lipinski definition) is 3. The highest BCUT2D eigenvalue weighted by Gasteiger charge is 2.76. The topological polar surface area (TPSA) is 53.1 Å². The van der Waals surface area contributed by atoms with Gasteiger partial charge in [0.15, 0.2) is 0 Å². The van der Waals surface area contributed by atoms with Crippen LogP contribution in [0.5, 0.6) is 0 Å². The average Bonchev–Trinajstić information content (AvgIpc) is 2.57. The van der Waals surface area contributed by atoms with Crippen LogP contribution < -0.4 is 5.73 Å². The monoisotopic (exact) mass is 149 g/mol. The van der Waals surface area contributed by atoms with Crippen LogP contribution in [0.15, 0.2) is 0 Å². The maximum absolute atomic E-state index is 8.73. The minimum atomic E-state index is -0.204. The molecule has 5 atom stereocenters. The molecule has 4 aliphatic rings. The number of piperidine rings is 3. The Bertz CT molecular complexity index is 243. The van der Waals surface area contributed by atoms with Crippen LogP contribution in [0.1, 0.15) is 0 Å². The third kappa shape index (κ3) is 0.436. The summed E-state index contributed by atoms with van der Waals surface area (Å²) in [5, 5.41) is 8.73. The van der Waals surface area contributed by atoms with Crippen LogP contribution in [-0.2, 0) is 0 Å². The summed E-state index contributed by atoms with van der Waals surface area (Å²) >= 11 is 0. The smallest absolute Gasteiger partial charge is 0.100 e. The van der Waals surface area contributed by atoms with E-state index in [0.717, 1.165) is 18.4 Å². The highest BCUT2D eigenvalue weighted by Crippen LogP contribution is 2.69. The van der Waals surface area contributed by atoms with Gasteiger partial charge in [0.1, 0.15) is 6.04 Å². The van der Waals surface area contributed by atoms with Gasteiger partial charge in [0.05, 0.1) is 6.07 Å². The van der Waals surface area contributed by atoms with Gasteiger partial charge >= 0.3 is 0 Å². The molecule has 0 aromatic carbocycles. The Morgan fingerprint density at radius 2 is 2.18 bits per heavy atom. The Kier molecular flexibility index (Phi) is 0.790. The lowest BCUT2D eigenvalue weighted by atomic mass is 9.96. The SMILES string of the molecule is N#CC(N)C12CN3CC1[C@H]2C3. The summed E-state index contributed by atoms with van der Waals surface area (Å²) in [6, 6.07) is 1.99. The molecule has 4 rings (SSSR count). The normalized spacial score (nSPS) is 59.1. The molecule has 3 heterocycles. The quantitative estimate of drug-likeness (QED) is 0.541. The predicted molar refractivity (Wildman–Crippen MR) is 39.4 cm³/mol. The zero-order valence-electron chi connectivity index (χ0n) is 6.33. The van der Waals surface area contributed by atoms with Gasteiger partial charge in [-0.25, -0.2) is 0 Å². The third-order valence-electron chi connectivity index (χ3n) is 3.88. The molecule has 0 spiro atoms. The van der Waals surface area contributed by atoms with Crippen LogP contribution in [0.25, 0.3) is 0 Å². The van der Waals surface area contributed by atoms with Gasteiger partial charge in [0.2, 0.25) is 0 Å². The summed E-state index contributed by atoms with van der Waals surface area (Å²) in [6.45, 7) is 3.51. The number of hydrogen-bond donors (Lipinski definition) is 1. The molecule has 3 aliphatic heterocycles. The fraction of sp³-hybridized carbons (Fsp3) is 0.875. The first-order valence-corrected chi connectivity index (χ1v) is 4.16. The lowest BCUT2D eigenvalue weighted by Gasteiger charge is -2.12. The molecule has 0 aromatic rings. The lowest BCUT2D eigenvalue weighted by molar-refractivity contribution is 0.386. The standard InChI is InChI=1S/C8H11N3/c9-1-7(10)8-4-11-2-5(8)6(8)3-11/h5-7H,2-4,10H2/t5-,6?,7?,8?/m1/s1. The molecular weight excluding hydrogens is 138 g/mol. The number of nitriles is 1. The Morgan fingerprint density at radius 3 is 2.55 bits per heavy atom. The van der Waals surface area contributed by atoms with Gasteiger partial charge in [-0.05, 0) is 11.8 Å². The summed E-state index contributed by atoms with van der Waals surface area (Å²) in [6.07, 6.45) is 0. The molecule has 0 radical (unpaired) electrons. The predicted octanol–water partition coefficient (Wildman–Crippen LogP) is -0.601. The van der Waals surface area contributed by atoms with E-state index in [9.17, 15) is 0 Å². The first kappa shape index (κ1) is 5.99. The molecular formula is C8H11N3. The Labute approximate surface area is 65.8 Å². The Hall–Kier alpha value is -0.590. The molecule has 3 saturated heterocycles. The van der Waals surface area contributed by atoms with Crippen LogP contribution >= 0.6 is 0 Å². The Morgan fingerprint density at radius 1 is 1.55 bits per heavy atom. The highest BCUT2D eigenvalue weighted by molar-refractivity contribution is 5.30. The van der Waals surface area contributed by atoms with E-state index >= 15 is 0 Å². The summed E-state index contributed by atoms with van der Waals surface area (Å²) in [7, 11) is 0. The minimum Gasteiger partial charge on any atom is -0.315 e. The maximum Gasteiger partial charge on any atom is 0.100 e. The first-order chi connectivity index (χ1) is 5.29. The summed E-state index contributed by atoms with van der Waals surface area (Å²) in [4.78, 5) is 2.44. The molecule has 3 heteroatoms.